The Bertz CT molecular complexity index is 896. The molecule has 1 saturated heterocycles. The van der Waals surface area contributed by atoms with Crippen LogP contribution >= 0.6 is 31.0 Å². The highest BCUT2D eigenvalue weighted by Crippen LogP contribution is 2.61. The van der Waals surface area contributed by atoms with Crippen LogP contribution < -0.4 is 20.0 Å². The second-order valence-corrected chi connectivity index (χ2v) is 11.4. The Morgan fingerprint density at radius 2 is 1.29 bits per heavy atom. The van der Waals surface area contributed by atoms with E-state index in [1.54, 1.807) is 0 Å². The predicted octanol–water partition coefficient (Wildman–Crippen LogP) is 5.64. The number of rotatable bonds is 8. The van der Waals surface area contributed by atoms with Crippen LogP contribution in [0, 0.1) is 0 Å². The average molecular weight is 467 g/mol. The number of para-hydroxylation sites is 2. The van der Waals surface area contributed by atoms with E-state index in [1.807, 2.05) is 29.6 Å². The molecule has 4 nitrogen and oxygen atoms in total. The SMILES string of the molecule is S=C(NCCSP1N(c2ccccc2)CCN1c1ccccc1)NCc1ccccc1. The highest BCUT2D eigenvalue weighted by atomic mass is 32.7. The van der Waals surface area contributed by atoms with E-state index in [0.29, 0.717) is 5.11 Å². The van der Waals surface area contributed by atoms with Gasteiger partial charge in [-0.2, -0.15) is 0 Å². The van der Waals surface area contributed by atoms with Crippen LogP contribution in [0.1, 0.15) is 5.56 Å². The molecule has 0 aliphatic carbocycles. The maximum atomic E-state index is 5.45. The van der Waals surface area contributed by atoms with Gasteiger partial charge in [0.05, 0.1) is 0 Å². The van der Waals surface area contributed by atoms with E-state index in [9.17, 15) is 0 Å². The Morgan fingerprint density at radius 3 is 1.84 bits per heavy atom. The zero-order valence-electron chi connectivity index (χ0n) is 17.4. The van der Waals surface area contributed by atoms with Gasteiger partial charge in [-0.15, -0.1) is 0 Å². The van der Waals surface area contributed by atoms with E-state index >= 15 is 0 Å². The number of anilines is 2. The minimum atomic E-state index is -0.520. The second-order valence-electron chi connectivity index (χ2n) is 7.10. The molecular formula is C24H27N4PS2. The molecular weight excluding hydrogens is 439 g/mol. The molecule has 1 aliphatic heterocycles. The molecule has 0 radical (unpaired) electrons. The lowest BCUT2D eigenvalue weighted by molar-refractivity contribution is 0.858. The molecule has 0 aromatic heterocycles. The molecule has 0 unspecified atom stereocenters. The zero-order valence-corrected chi connectivity index (χ0v) is 19.9. The minimum Gasteiger partial charge on any atom is -0.362 e. The third kappa shape index (κ3) is 6.13. The molecule has 0 spiro atoms. The van der Waals surface area contributed by atoms with Crippen molar-refractivity contribution in [2.45, 2.75) is 6.54 Å². The molecule has 31 heavy (non-hydrogen) atoms. The van der Waals surface area contributed by atoms with E-state index in [1.165, 1.54) is 16.9 Å². The monoisotopic (exact) mass is 466 g/mol. The van der Waals surface area contributed by atoms with Crippen LogP contribution in [0.15, 0.2) is 91.0 Å². The lowest BCUT2D eigenvalue weighted by Crippen LogP contribution is -2.36. The first-order chi connectivity index (χ1) is 15.3. The zero-order chi connectivity index (χ0) is 21.3. The first-order valence-corrected chi connectivity index (χ1v) is 13.7. The van der Waals surface area contributed by atoms with Gasteiger partial charge in [0, 0.05) is 43.3 Å². The lowest BCUT2D eigenvalue weighted by Gasteiger charge is -2.31. The van der Waals surface area contributed by atoms with Crippen molar-refractivity contribution in [1.29, 1.82) is 0 Å². The molecule has 1 fully saturated rings. The third-order valence-corrected chi connectivity index (χ3v) is 9.95. The fourth-order valence-electron chi connectivity index (χ4n) is 3.42. The smallest absolute Gasteiger partial charge is 0.166 e. The van der Waals surface area contributed by atoms with E-state index in [0.717, 1.165) is 31.9 Å². The molecule has 0 amide bonds. The number of nitrogens with zero attached hydrogens (tertiary/aromatic N) is 2. The van der Waals surface area contributed by atoms with Gasteiger partial charge in [0.15, 0.2) is 12.5 Å². The molecule has 0 atom stereocenters. The maximum Gasteiger partial charge on any atom is 0.166 e. The van der Waals surface area contributed by atoms with Gasteiger partial charge in [-0.25, -0.2) is 0 Å². The molecule has 1 heterocycles. The van der Waals surface area contributed by atoms with Crippen molar-refractivity contribution < 1.29 is 0 Å². The summed E-state index contributed by atoms with van der Waals surface area (Å²) >= 11 is 7.47. The van der Waals surface area contributed by atoms with Crippen molar-refractivity contribution in [1.82, 2.24) is 10.6 Å². The highest BCUT2D eigenvalue weighted by molar-refractivity contribution is 8.56. The van der Waals surface area contributed by atoms with E-state index in [2.05, 4.69) is 92.8 Å². The van der Waals surface area contributed by atoms with Crippen molar-refractivity contribution in [2.24, 2.45) is 0 Å². The largest absolute Gasteiger partial charge is 0.362 e. The van der Waals surface area contributed by atoms with Gasteiger partial charge in [-0.05, 0) is 42.0 Å². The Labute approximate surface area is 195 Å². The summed E-state index contributed by atoms with van der Waals surface area (Å²) in [5.74, 6) is 0.992. The molecule has 160 valence electrons. The van der Waals surface area contributed by atoms with Crippen LogP contribution in [0.3, 0.4) is 0 Å². The third-order valence-electron chi connectivity index (χ3n) is 4.94. The van der Waals surface area contributed by atoms with Gasteiger partial charge in [-0.1, -0.05) is 78.1 Å². The summed E-state index contributed by atoms with van der Waals surface area (Å²) in [5, 5.41) is 7.36. The Hall–Kier alpha value is -2.27. The second kappa shape index (κ2) is 11.4. The average Bonchev–Trinajstić information content (AvgIpc) is 3.26. The molecule has 1 aliphatic rings. The van der Waals surface area contributed by atoms with Gasteiger partial charge >= 0.3 is 0 Å². The van der Waals surface area contributed by atoms with Gasteiger partial charge in [0.1, 0.15) is 0 Å². The van der Waals surface area contributed by atoms with Crippen LogP contribution in [-0.4, -0.2) is 30.5 Å². The number of hydrogen-bond acceptors (Lipinski definition) is 4. The summed E-state index contributed by atoms with van der Waals surface area (Å²) in [6.45, 7) is 3.68. The van der Waals surface area contributed by atoms with E-state index in [4.69, 9.17) is 12.2 Å². The fraction of sp³-hybridized carbons (Fsp3) is 0.208. The van der Waals surface area contributed by atoms with Gasteiger partial charge in [0.2, 0.25) is 0 Å². The number of nitrogens with one attached hydrogen (secondary N) is 2. The first kappa shape index (κ1) is 21.9. The Morgan fingerprint density at radius 1 is 0.774 bits per heavy atom. The quantitative estimate of drug-likeness (QED) is 0.254. The molecule has 3 aromatic carbocycles. The van der Waals surface area contributed by atoms with Crippen molar-refractivity contribution >= 4 is 47.5 Å². The van der Waals surface area contributed by atoms with Crippen molar-refractivity contribution in [2.75, 3.05) is 34.7 Å². The minimum absolute atomic E-state index is 0.520. The van der Waals surface area contributed by atoms with Crippen LogP contribution in [-0.2, 0) is 6.54 Å². The summed E-state index contributed by atoms with van der Waals surface area (Å²) in [5.41, 5.74) is 3.83. The van der Waals surface area contributed by atoms with Gasteiger partial charge < -0.3 is 20.0 Å². The summed E-state index contributed by atoms with van der Waals surface area (Å²) in [6.07, 6.45) is 0. The lowest BCUT2D eigenvalue weighted by atomic mass is 10.2. The molecule has 3 aromatic rings. The first-order valence-electron chi connectivity index (χ1n) is 10.4. The summed E-state index contributed by atoms with van der Waals surface area (Å²) < 4.78 is 5.11. The van der Waals surface area contributed by atoms with Crippen molar-refractivity contribution in [3.05, 3.63) is 96.6 Å². The predicted molar refractivity (Wildman–Crippen MR) is 141 cm³/mol. The number of benzene rings is 3. The van der Waals surface area contributed by atoms with Crippen LogP contribution in [0.5, 0.6) is 0 Å². The van der Waals surface area contributed by atoms with Gasteiger partial charge in [-0.3, -0.25) is 0 Å². The fourth-order valence-corrected chi connectivity index (χ4v) is 8.33. The maximum absolute atomic E-state index is 5.45. The molecule has 0 saturated carbocycles. The van der Waals surface area contributed by atoms with Crippen LogP contribution in [0.4, 0.5) is 11.4 Å². The van der Waals surface area contributed by atoms with Crippen LogP contribution in [0.25, 0.3) is 0 Å². The summed E-state index contributed by atoms with van der Waals surface area (Å²) in [4.78, 5) is 0. The Balaban J connectivity index is 1.31. The Kier molecular flexibility index (Phi) is 8.05. The molecule has 7 heteroatoms. The standard InChI is InChI=1S/C24H27N4PS2/c30-24(26-20-21-10-4-1-5-11-21)25-16-19-31-29-27(22-12-6-2-7-13-22)17-18-28(29)23-14-8-3-9-15-23/h1-15H,16-20H2,(H2,25,26,30). The van der Waals surface area contributed by atoms with Crippen LogP contribution in [0.2, 0.25) is 0 Å². The number of hydrogen-bond donors (Lipinski definition) is 2. The van der Waals surface area contributed by atoms with Gasteiger partial charge in [0.25, 0.3) is 0 Å². The summed E-state index contributed by atoms with van der Waals surface area (Å²) in [6, 6.07) is 31.8. The topological polar surface area (TPSA) is 30.5 Å². The summed E-state index contributed by atoms with van der Waals surface area (Å²) in [7, 11) is -0.520. The van der Waals surface area contributed by atoms with E-state index in [-0.39, 0.29) is 0 Å². The molecule has 2 N–H and O–H groups in total. The molecule has 4 rings (SSSR count). The van der Waals surface area contributed by atoms with E-state index < -0.39 is 7.42 Å². The van der Waals surface area contributed by atoms with Crippen molar-refractivity contribution in [3.8, 4) is 0 Å². The van der Waals surface area contributed by atoms with Crippen molar-refractivity contribution in [3.63, 3.8) is 0 Å². The number of thiocarbonyl (C=S) groups is 1. The normalized spacial score (nSPS) is 13.9. The highest BCUT2D eigenvalue weighted by Gasteiger charge is 2.33. The molecule has 0 bridgehead atoms.